The summed E-state index contributed by atoms with van der Waals surface area (Å²) in [6.07, 6.45) is 0. The summed E-state index contributed by atoms with van der Waals surface area (Å²) in [4.78, 5) is 3.09. The van der Waals surface area contributed by atoms with Gasteiger partial charge in [0, 0.05) is 22.2 Å². The first-order valence-corrected chi connectivity index (χ1v) is 5.00. The van der Waals surface area contributed by atoms with E-state index in [2.05, 4.69) is 20.9 Å². The van der Waals surface area contributed by atoms with Crippen LogP contribution in [0.3, 0.4) is 0 Å². The van der Waals surface area contributed by atoms with Gasteiger partial charge in [-0.2, -0.15) is 0 Å². The van der Waals surface area contributed by atoms with Crippen molar-refractivity contribution in [3.63, 3.8) is 0 Å². The van der Waals surface area contributed by atoms with Gasteiger partial charge in [0.05, 0.1) is 11.1 Å². The average Bonchev–Trinajstić information content (AvgIpc) is 2.42. The van der Waals surface area contributed by atoms with Crippen molar-refractivity contribution in [3.05, 3.63) is 33.7 Å². The van der Waals surface area contributed by atoms with Gasteiger partial charge in [-0.25, -0.2) is 4.39 Å². The van der Waals surface area contributed by atoms with Gasteiger partial charge in [0.2, 0.25) is 0 Å². The molecule has 2 rings (SSSR count). The molecule has 0 aliphatic heterocycles. The standard InChI is InChI=1S/C10H9BrFNO/c1-5-7(4-14)6-2-9(12)8(11)3-10(6)13-5/h2-3,13-14H,4H2,1H3. The number of fused-ring (bicyclic) bond motifs is 1. The van der Waals surface area contributed by atoms with Crippen LogP contribution in [0.5, 0.6) is 0 Å². The molecule has 2 aromatic rings. The van der Waals surface area contributed by atoms with E-state index in [9.17, 15) is 4.39 Å². The first kappa shape index (κ1) is 9.68. The molecule has 0 saturated carbocycles. The van der Waals surface area contributed by atoms with E-state index in [4.69, 9.17) is 5.11 Å². The fourth-order valence-corrected chi connectivity index (χ4v) is 1.93. The number of benzene rings is 1. The summed E-state index contributed by atoms with van der Waals surface area (Å²) in [6, 6.07) is 3.10. The molecule has 74 valence electrons. The number of H-pyrrole nitrogens is 1. The maximum Gasteiger partial charge on any atom is 0.138 e. The zero-order valence-electron chi connectivity index (χ0n) is 7.56. The molecule has 1 aromatic carbocycles. The third kappa shape index (κ3) is 1.35. The van der Waals surface area contributed by atoms with Crippen molar-refractivity contribution in [3.8, 4) is 0 Å². The monoisotopic (exact) mass is 257 g/mol. The first-order chi connectivity index (χ1) is 6.63. The second kappa shape index (κ2) is 3.37. The number of aliphatic hydroxyl groups is 1. The van der Waals surface area contributed by atoms with Gasteiger partial charge in [-0.1, -0.05) is 0 Å². The highest BCUT2D eigenvalue weighted by Gasteiger charge is 2.10. The molecular weight excluding hydrogens is 249 g/mol. The molecular formula is C10H9BrFNO. The Hall–Kier alpha value is -0.870. The van der Waals surface area contributed by atoms with E-state index in [-0.39, 0.29) is 12.4 Å². The van der Waals surface area contributed by atoms with Gasteiger partial charge >= 0.3 is 0 Å². The van der Waals surface area contributed by atoms with Crippen molar-refractivity contribution in [2.24, 2.45) is 0 Å². The zero-order valence-corrected chi connectivity index (χ0v) is 9.15. The minimum absolute atomic E-state index is 0.0765. The Morgan fingerprint density at radius 3 is 2.86 bits per heavy atom. The van der Waals surface area contributed by atoms with Gasteiger partial charge in [0.25, 0.3) is 0 Å². The van der Waals surface area contributed by atoms with Crippen LogP contribution >= 0.6 is 15.9 Å². The summed E-state index contributed by atoms with van der Waals surface area (Å²) in [7, 11) is 0. The molecule has 2 nitrogen and oxygen atoms in total. The lowest BCUT2D eigenvalue weighted by Gasteiger charge is -1.97. The summed E-state index contributed by atoms with van der Waals surface area (Å²) in [5, 5.41) is 9.85. The Morgan fingerprint density at radius 1 is 1.50 bits per heavy atom. The number of hydrogen-bond acceptors (Lipinski definition) is 1. The van der Waals surface area contributed by atoms with E-state index in [1.165, 1.54) is 6.07 Å². The summed E-state index contributed by atoms with van der Waals surface area (Å²) in [5.41, 5.74) is 2.46. The number of aryl methyl sites for hydroxylation is 1. The highest BCUT2D eigenvalue weighted by atomic mass is 79.9. The number of halogens is 2. The Bertz CT molecular complexity index is 492. The van der Waals surface area contributed by atoms with E-state index < -0.39 is 0 Å². The Labute approximate surface area is 88.9 Å². The summed E-state index contributed by atoms with van der Waals surface area (Å²) in [6.45, 7) is 1.78. The van der Waals surface area contributed by atoms with Crippen LogP contribution in [-0.2, 0) is 6.61 Å². The van der Waals surface area contributed by atoms with Crippen molar-refractivity contribution in [2.75, 3.05) is 0 Å². The van der Waals surface area contributed by atoms with Crippen LogP contribution in [0.1, 0.15) is 11.3 Å². The van der Waals surface area contributed by atoms with Gasteiger partial charge in [0.1, 0.15) is 5.82 Å². The molecule has 0 saturated heterocycles. The predicted molar refractivity (Wildman–Crippen MR) is 56.6 cm³/mol. The van der Waals surface area contributed by atoms with Crippen LogP contribution in [0.2, 0.25) is 0 Å². The minimum Gasteiger partial charge on any atom is -0.392 e. The van der Waals surface area contributed by atoms with Crippen LogP contribution in [0.25, 0.3) is 10.9 Å². The molecule has 14 heavy (non-hydrogen) atoms. The highest BCUT2D eigenvalue weighted by Crippen LogP contribution is 2.27. The van der Waals surface area contributed by atoms with Gasteiger partial charge in [-0.15, -0.1) is 0 Å². The number of aliphatic hydroxyl groups excluding tert-OH is 1. The molecule has 0 radical (unpaired) electrons. The van der Waals surface area contributed by atoms with E-state index in [0.29, 0.717) is 4.47 Å². The molecule has 0 unspecified atom stereocenters. The second-order valence-electron chi connectivity index (χ2n) is 3.20. The Balaban J connectivity index is 2.82. The molecule has 0 fully saturated rings. The highest BCUT2D eigenvalue weighted by molar-refractivity contribution is 9.10. The van der Waals surface area contributed by atoms with E-state index in [0.717, 1.165) is 22.2 Å². The third-order valence-corrected chi connectivity index (χ3v) is 2.93. The Kier molecular flexibility index (Phi) is 2.33. The summed E-state index contributed by atoms with van der Waals surface area (Å²) < 4.78 is 13.7. The fourth-order valence-electron chi connectivity index (χ4n) is 1.58. The van der Waals surface area contributed by atoms with Crippen LogP contribution in [0, 0.1) is 12.7 Å². The lowest BCUT2D eigenvalue weighted by Crippen LogP contribution is -1.84. The van der Waals surface area contributed by atoms with Crippen molar-refractivity contribution >= 4 is 26.8 Å². The van der Waals surface area contributed by atoms with Crippen LogP contribution in [0.4, 0.5) is 4.39 Å². The lowest BCUT2D eigenvalue weighted by atomic mass is 10.1. The smallest absolute Gasteiger partial charge is 0.138 e. The zero-order chi connectivity index (χ0) is 10.3. The molecule has 4 heteroatoms. The van der Waals surface area contributed by atoms with Gasteiger partial charge in [0.15, 0.2) is 0 Å². The van der Waals surface area contributed by atoms with Gasteiger partial charge < -0.3 is 10.1 Å². The number of rotatable bonds is 1. The molecule has 1 aromatic heterocycles. The molecule has 0 amide bonds. The van der Waals surface area contributed by atoms with E-state index in [1.807, 2.05) is 6.92 Å². The summed E-state index contributed by atoms with van der Waals surface area (Å²) >= 11 is 3.11. The van der Waals surface area contributed by atoms with Crippen molar-refractivity contribution in [2.45, 2.75) is 13.5 Å². The topological polar surface area (TPSA) is 36.0 Å². The number of aromatic nitrogens is 1. The van der Waals surface area contributed by atoms with Crippen molar-refractivity contribution < 1.29 is 9.50 Å². The largest absolute Gasteiger partial charge is 0.392 e. The molecule has 0 atom stereocenters. The quantitative estimate of drug-likeness (QED) is 0.810. The van der Waals surface area contributed by atoms with Crippen molar-refractivity contribution in [1.29, 1.82) is 0 Å². The first-order valence-electron chi connectivity index (χ1n) is 4.20. The molecule has 2 N–H and O–H groups in total. The van der Waals surface area contributed by atoms with Crippen LogP contribution in [-0.4, -0.2) is 10.1 Å². The average molecular weight is 258 g/mol. The van der Waals surface area contributed by atoms with Crippen LogP contribution in [0.15, 0.2) is 16.6 Å². The number of hydrogen-bond donors (Lipinski definition) is 2. The molecule has 0 aliphatic rings. The minimum atomic E-state index is -0.314. The predicted octanol–water partition coefficient (Wildman–Crippen LogP) is 2.87. The molecule has 0 spiro atoms. The second-order valence-corrected chi connectivity index (χ2v) is 4.05. The maximum atomic E-state index is 13.2. The van der Waals surface area contributed by atoms with E-state index >= 15 is 0 Å². The third-order valence-electron chi connectivity index (χ3n) is 2.32. The number of nitrogens with one attached hydrogen (secondary N) is 1. The molecule has 0 bridgehead atoms. The van der Waals surface area contributed by atoms with Crippen molar-refractivity contribution in [1.82, 2.24) is 4.98 Å². The normalized spacial score (nSPS) is 11.1. The molecule has 0 aliphatic carbocycles. The van der Waals surface area contributed by atoms with E-state index in [1.54, 1.807) is 6.07 Å². The van der Waals surface area contributed by atoms with Gasteiger partial charge in [-0.05, 0) is 35.0 Å². The number of aromatic amines is 1. The molecule has 1 heterocycles. The SMILES string of the molecule is Cc1[nH]c2cc(Br)c(F)cc2c1CO. The summed E-state index contributed by atoms with van der Waals surface area (Å²) in [5.74, 6) is -0.314. The lowest BCUT2D eigenvalue weighted by molar-refractivity contribution is 0.282. The van der Waals surface area contributed by atoms with Gasteiger partial charge in [-0.3, -0.25) is 0 Å². The fraction of sp³-hybridized carbons (Fsp3) is 0.200. The maximum absolute atomic E-state index is 13.2. The van der Waals surface area contributed by atoms with Crippen LogP contribution < -0.4 is 0 Å². The Morgan fingerprint density at radius 2 is 2.21 bits per heavy atom.